The number of hydrogen-bond donors (Lipinski definition) is 1. The minimum absolute atomic E-state index is 0.0374. The SMILES string of the molecule is O=C1c2ccccc2C(=O)N1CCOc1c(Cl)cc(O)cc1Cl. The number of hydrogen-bond acceptors (Lipinski definition) is 4. The van der Waals surface area contributed by atoms with Crippen LogP contribution in [0.4, 0.5) is 0 Å². The van der Waals surface area contributed by atoms with Crippen LogP contribution in [-0.2, 0) is 0 Å². The highest BCUT2D eigenvalue weighted by Crippen LogP contribution is 2.36. The number of nitrogens with zero attached hydrogens (tertiary/aromatic N) is 1. The molecule has 0 aromatic heterocycles. The maximum atomic E-state index is 12.2. The van der Waals surface area contributed by atoms with Gasteiger partial charge in [0, 0.05) is 12.1 Å². The van der Waals surface area contributed by atoms with Crippen molar-refractivity contribution in [3.05, 3.63) is 57.6 Å². The van der Waals surface area contributed by atoms with Gasteiger partial charge in [-0.1, -0.05) is 35.3 Å². The van der Waals surface area contributed by atoms with Crippen molar-refractivity contribution in [3.8, 4) is 11.5 Å². The predicted molar refractivity (Wildman–Crippen MR) is 85.4 cm³/mol. The molecule has 5 nitrogen and oxygen atoms in total. The second-order valence-corrected chi connectivity index (χ2v) is 5.71. The predicted octanol–water partition coefficient (Wildman–Crippen LogP) is 3.37. The van der Waals surface area contributed by atoms with Crippen LogP contribution in [0.15, 0.2) is 36.4 Å². The van der Waals surface area contributed by atoms with Crippen LogP contribution in [0, 0.1) is 0 Å². The first-order valence-corrected chi connectivity index (χ1v) is 7.50. The Hall–Kier alpha value is -2.24. The molecule has 0 aliphatic carbocycles. The van der Waals surface area contributed by atoms with Crippen LogP contribution < -0.4 is 4.74 Å². The quantitative estimate of drug-likeness (QED) is 0.857. The van der Waals surface area contributed by atoms with Crippen LogP contribution in [0.25, 0.3) is 0 Å². The molecule has 2 amide bonds. The van der Waals surface area contributed by atoms with Gasteiger partial charge in [0.15, 0.2) is 5.75 Å². The summed E-state index contributed by atoms with van der Waals surface area (Å²) in [5, 5.41) is 9.66. The molecule has 0 unspecified atom stereocenters. The van der Waals surface area contributed by atoms with Crippen molar-refractivity contribution in [1.29, 1.82) is 0 Å². The normalized spacial score (nSPS) is 13.4. The summed E-state index contributed by atoms with van der Waals surface area (Å²) >= 11 is 11.9. The molecule has 23 heavy (non-hydrogen) atoms. The number of phenolic OH excluding ortho intramolecular Hbond substituents is 1. The van der Waals surface area contributed by atoms with Crippen LogP contribution in [0.5, 0.6) is 11.5 Å². The Morgan fingerprint density at radius 3 is 2.04 bits per heavy atom. The largest absolute Gasteiger partial charge is 0.508 e. The van der Waals surface area contributed by atoms with E-state index in [0.29, 0.717) is 11.1 Å². The Bertz CT molecular complexity index is 748. The van der Waals surface area contributed by atoms with Crippen molar-refractivity contribution in [2.75, 3.05) is 13.2 Å². The summed E-state index contributed by atoms with van der Waals surface area (Å²) in [7, 11) is 0. The highest BCUT2D eigenvalue weighted by atomic mass is 35.5. The van der Waals surface area contributed by atoms with E-state index in [1.165, 1.54) is 12.1 Å². The van der Waals surface area contributed by atoms with Gasteiger partial charge in [-0.3, -0.25) is 14.5 Å². The van der Waals surface area contributed by atoms with Crippen molar-refractivity contribution in [3.63, 3.8) is 0 Å². The van der Waals surface area contributed by atoms with Gasteiger partial charge in [0.1, 0.15) is 12.4 Å². The zero-order valence-electron chi connectivity index (χ0n) is 11.8. The van der Waals surface area contributed by atoms with E-state index in [0.717, 1.165) is 4.90 Å². The molecule has 0 spiro atoms. The smallest absolute Gasteiger partial charge is 0.261 e. The average Bonchev–Trinajstić information content (AvgIpc) is 2.75. The minimum Gasteiger partial charge on any atom is -0.508 e. The van der Waals surface area contributed by atoms with Gasteiger partial charge < -0.3 is 9.84 Å². The fourth-order valence-corrected chi connectivity index (χ4v) is 2.95. The zero-order chi connectivity index (χ0) is 16.6. The number of amides is 2. The molecule has 0 bridgehead atoms. The van der Waals surface area contributed by atoms with E-state index < -0.39 is 0 Å². The Balaban J connectivity index is 1.69. The summed E-state index contributed by atoms with van der Waals surface area (Å²) in [6.07, 6.45) is 0. The monoisotopic (exact) mass is 351 g/mol. The summed E-state index contributed by atoms with van der Waals surface area (Å²) in [6, 6.07) is 9.24. The van der Waals surface area contributed by atoms with Crippen LogP contribution in [-0.4, -0.2) is 35.0 Å². The molecule has 1 heterocycles. The summed E-state index contributed by atoms with van der Waals surface area (Å²) < 4.78 is 5.46. The molecule has 1 aliphatic rings. The van der Waals surface area contributed by atoms with E-state index >= 15 is 0 Å². The summed E-state index contributed by atoms with van der Waals surface area (Å²) in [5.41, 5.74) is 0.774. The summed E-state index contributed by atoms with van der Waals surface area (Å²) in [4.78, 5) is 25.5. The highest BCUT2D eigenvalue weighted by Gasteiger charge is 2.34. The standard InChI is InChI=1S/C16H11Cl2NO4/c17-12-7-9(20)8-13(18)14(12)23-6-5-19-15(21)10-3-1-2-4-11(10)16(19)22/h1-4,7-8,20H,5-6H2. The number of phenols is 1. The first-order valence-electron chi connectivity index (χ1n) is 6.75. The van der Waals surface area contributed by atoms with Gasteiger partial charge in [0.25, 0.3) is 11.8 Å². The van der Waals surface area contributed by atoms with E-state index in [4.69, 9.17) is 27.9 Å². The third kappa shape index (κ3) is 2.85. The van der Waals surface area contributed by atoms with Gasteiger partial charge in [0.05, 0.1) is 27.7 Å². The van der Waals surface area contributed by atoms with Crippen molar-refractivity contribution in [2.45, 2.75) is 0 Å². The second-order valence-electron chi connectivity index (χ2n) is 4.89. The fourth-order valence-electron chi connectivity index (χ4n) is 2.37. The van der Waals surface area contributed by atoms with Gasteiger partial charge in [0.2, 0.25) is 0 Å². The molecule has 0 fully saturated rings. The number of rotatable bonds is 4. The molecule has 118 valence electrons. The van der Waals surface area contributed by atoms with Gasteiger partial charge >= 0.3 is 0 Å². The molecular formula is C16H11Cl2NO4. The number of ether oxygens (including phenoxy) is 1. The lowest BCUT2D eigenvalue weighted by Crippen LogP contribution is -2.33. The number of carbonyl (C=O) groups is 2. The third-order valence-corrected chi connectivity index (χ3v) is 3.98. The topological polar surface area (TPSA) is 66.8 Å². The molecule has 1 aliphatic heterocycles. The van der Waals surface area contributed by atoms with E-state index in [9.17, 15) is 14.7 Å². The summed E-state index contributed by atoms with van der Waals surface area (Å²) in [6.45, 7) is 0.107. The molecule has 0 saturated carbocycles. The lowest BCUT2D eigenvalue weighted by molar-refractivity contribution is 0.0631. The van der Waals surface area contributed by atoms with E-state index in [2.05, 4.69) is 0 Å². The van der Waals surface area contributed by atoms with Crippen LogP contribution in [0.3, 0.4) is 0 Å². The summed E-state index contributed by atoms with van der Waals surface area (Å²) in [5.74, 6) is -0.579. The minimum atomic E-state index is -0.350. The molecule has 0 radical (unpaired) electrons. The zero-order valence-corrected chi connectivity index (χ0v) is 13.3. The van der Waals surface area contributed by atoms with Crippen molar-refractivity contribution in [1.82, 2.24) is 4.90 Å². The first kappa shape index (κ1) is 15.6. The van der Waals surface area contributed by atoms with Crippen LogP contribution in [0.2, 0.25) is 10.0 Å². The van der Waals surface area contributed by atoms with Crippen molar-refractivity contribution < 1.29 is 19.4 Å². The van der Waals surface area contributed by atoms with E-state index in [1.54, 1.807) is 24.3 Å². The molecule has 2 aromatic carbocycles. The molecule has 2 aromatic rings. The van der Waals surface area contributed by atoms with E-state index in [1.807, 2.05) is 0 Å². The molecule has 1 N–H and O–H groups in total. The average molecular weight is 352 g/mol. The van der Waals surface area contributed by atoms with Crippen LogP contribution in [0.1, 0.15) is 20.7 Å². The molecular weight excluding hydrogens is 341 g/mol. The molecule has 0 saturated heterocycles. The number of imide groups is 1. The van der Waals surface area contributed by atoms with Gasteiger partial charge in [-0.05, 0) is 12.1 Å². The number of halogens is 2. The fraction of sp³-hybridized carbons (Fsp3) is 0.125. The van der Waals surface area contributed by atoms with Gasteiger partial charge in [-0.15, -0.1) is 0 Å². The Morgan fingerprint density at radius 1 is 1.00 bits per heavy atom. The highest BCUT2D eigenvalue weighted by molar-refractivity contribution is 6.37. The lowest BCUT2D eigenvalue weighted by Gasteiger charge is -2.15. The van der Waals surface area contributed by atoms with Gasteiger partial charge in [-0.25, -0.2) is 0 Å². The van der Waals surface area contributed by atoms with Crippen molar-refractivity contribution >= 4 is 35.0 Å². The lowest BCUT2D eigenvalue weighted by atomic mass is 10.1. The number of carbonyl (C=O) groups excluding carboxylic acids is 2. The second kappa shape index (κ2) is 6.10. The Labute approximate surface area is 142 Å². The number of aromatic hydroxyl groups is 1. The maximum Gasteiger partial charge on any atom is 0.261 e. The first-order chi connectivity index (χ1) is 11.0. The van der Waals surface area contributed by atoms with Gasteiger partial charge in [-0.2, -0.15) is 0 Å². The third-order valence-electron chi connectivity index (χ3n) is 3.42. The molecule has 7 heteroatoms. The Morgan fingerprint density at radius 2 is 1.52 bits per heavy atom. The van der Waals surface area contributed by atoms with Crippen molar-refractivity contribution in [2.24, 2.45) is 0 Å². The van der Waals surface area contributed by atoms with Crippen LogP contribution >= 0.6 is 23.2 Å². The number of fused-ring (bicyclic) bond motifs is 1. The molecule has 0 atom stereocenters. The molecule has 3 rings (SSSR count). The Kier molecular flexibility index (Phi) is 4.15. The van der Waals surface area contributed by atoms with E-state index in [-0.39, 0.29) is 46.5 Å². The number of benzene rings is 2. The maximum absolute atomic E-state index is 12.2.